The maximum atomic E-state index is 13.3. The molecule has 7 heteroatoms. The van der Waals surface area contributed by atoms with Gasteiger partial charge in [-0.05, 0) is 50.7 Å². The van der Waals surface area contributed by atoms with Gasteiger partial charge in [0.1, 0.15) is 5.82 Å². The minimum Gasteiger partial charge on any atom is -0.353 e. The molecule has 3 saturated heterocycles. The standard InChI is InChI=1S/C26H36N6O/c1-29-12-8-23(9-13-29)30-15-17-31(18-16-30)26(33)22-7-10-28-25(19-22)32-14-11-27-24(20-32)21-5-3-2-4-6-21/h2-7,10,19,23-24,27H,8-9,11-18,20H2,1H3. The summed E-state index contributed by atoms with van der Waals surface area (Å²) in [4.78, 5) is 27.2. The summed E-state index contributed by atoms with van der Waals surface area (Å²) in [5.74, 6) is 1.03. The molecule has 4 heterocycles. The quantitative estimate of drug-likeness (QED) is 0.773. The molecule has 1 atom stereocenters. The van der Waals surface area contributed by atoms with Gasteiger partial charge in [-0.25, -0.2) is 4.98 Å². The first kappa shape index (κ1) is 22.3. The first-order valence-electron chi connectivity index (χ1n) is 12.4. The summed E-state index contributed by atoms with van der Waals surface area (Å²) in [6.45, 7) is 8.59. The number of nitrogens with one attached hydrogen (secondary N) is 1. The van der Waals surface area contributed by atoms with Gasteiger partial charge in [-0.2, -0.15) is 0 Å². The summed E-state index contributed by atoms with van der Waals surface area (Å²) in [5, 5.41) is 3.61. The van der Waals surface area contributed by atoms with Crippen LogP contribution in [0, 0.1) is 0 Å². The Morgan fingerprint density at radius 2 is 1.73 bits per heavy atom. The number of likely N-dealkylation sites (tertiary alicyclic amines) is 1. The van der Waals surface area contributed by atoms with E-state index in [1.807, 2.05) is 23.1 Å². The van der Waals surface area contributed by atoms with Crippen molar-refractivity contribution in [3.8, 4) is 0 Å². The highest BCUT2D eigenvalue weighted by Crippen LogP contribution is 2.23. The molecular formula is C26H36N6O. The molecule has 0 saturated carbocycles. The first-order valence-corrected chi connectivity index (χ1v) is 12.4. The first-order chi connectivity index (χ1) is 16.2. The van der Waals surface area contributed by atoms with Crippen LogP contribution >= 0.6 is 0 Å². The molecule has 0 aliphatic carbocycles. The minimum atomic E-state index is 0.136. The Morgan fingerprint density at radius 1 is 0.970 bits per heavy atom. The fourth-order valence-corrected chi connectivity index (χ4v) is 5.42. The molecule has 33 heavy (non-hydrogen) atoms. The van der Waals surface area contributed by atoms with Crippen molar-refractivity contribution in [3.63, 3.8) is 0 Å². The topological polar surface area (TPSA) is 55.0 Å². The largest absolute Gasteiger partial charge is 0.353 e. The van der Waals surface area contributed by atoms with Crippen molar-refractivity contribution in [2.75, 3.05) is 70.9 Å². The molecular weight excluding hydrogens is 412 g/mol. The molecule has 176 valence electrons. The summed E-state index contributed by atoms with van der Waals surface area (Å²) in [5.41, 5.74) is 2.04. The molecule has 1 unspecified atom stereocenters. The predicted molar refractivity (Wildman–Crippen MR) is 132 cm³/mol. The third-order valence-electron chi connectivity index (χ3n) is 7.50. The molecule has 5 rings (SSSR count). The number of hydrogen-bond acceptors (Lipinski definition) is 6. The number of hydrogen-bond donors (Lipinski definition) is 1. The van der Waals surface area contributed by atoms with Crippen LogP contribution < -0.4 is 10.2 Å². The number of benzene rings is 1. The Hall–Kier alpha value is -2.48. The fourth-order valence-electron chi connectivity index (χ4n) is 5.42. The molecule has 1 amide bonds. The van der Waals surface area contributed by atoms with Crippen molar-refractivity contribution in [1.82, 2.24) is 25.0 Å². The van der Waals surface area contributed by atoms with Crippen LogP contribution in [0.2, 0.25) is 0 Å². The van der Waals surface area contributed by atoms with Gasteiger partial charge in [-0.1, -0.05) is 30.3 Å². The highest BCUT2D eigenvalue weighted by Gasteiger charge is 2.29. The molecule has 0 radical (unpaired) electrons. The monoisotopic (exact) mass is 448 g/mol. The van der Waals surface area contributed by atoms with Crippen molar-refractivity contribution in [1.29, 1.82) is 0 Å². The van der Waals surface area contributed by atoms with E-state index in [-0.39, 0.29) is 11.9 Å². The van der Waals surface area contributed by atoms with Crippen LogP contribution in [0.5, 0.6) is 0 Å². The lowest BCUT2D eigenvalue weighted by Gasteiger charge is -2.42. The minimum absolute atomic E-state index is 0.136. The zero-order chi connectivity index (χ0) is 22.6. The Balaban J connectivity index is 1.20. The molecule has 2 aromatic rings. The van der Waals surface area contributed by atoms with Gasteiger partial charge < -0.3 is 20.0 Å². The number of pyridine rings is 1. The van der Waals surface area contributed by atoms with Crippen LogP contribution in [0.1, 0.15) is 34.8 Å². The molecule has 1 N–H and O–H groups in total. The zero-order valence-electron chi connectivity index (χ0n) is 19.7. The van der Waals surface area contributed by atoms with Gasteiger partial charge in [0, 0.05) is 69.7 Å². The number of aromatic nitrogens is 1. The highest BCUT2D eigenvalue weighted by atomic mass is 16.2. The van der Waals surface area contributed by atoms with Crippen molar-refractivity contribution in [2.24, 2.45) is 0 Å². The number of carbonyl (C=O) groups excluding carboxylic acids is 1. The van der Waals surface area contributed by atoms with Gasteiger partial charge in [-0.15, -0.1) is 0 Å². The SMILES string of the molecule is CN1CCC(N2CCN(C(=O)c3ccnc(N4CCNC(c5ccccc5)C4)c3)CC2)CC1. The molecule has 0 spiro atoms. The van der Waals surface area contributed by atoms with Crippen LogP contribution in [0.3, 0.4) is 0 Å². The van der Waals surface area contributed by atoms with Crippen LogP contribution in [-0.4, -0.2) is 97.6 Å². The molecule has 0 bridgehead atoms. The third kappa shape index (κ3) is 5.21. The number of rotatable bonds is 4. The molecule has 3 aliphatic rings. The normalized spacial score (nSPS) is 23.6. The van der Waals surface area contributed by atoms with Crippen molar-refractivity contribution in [2.45, 2.75) is 24.9 Å². The van der Waals surface area contributed by atoms with Gasteiger partial charge >= 0.3 is 0 Å². The zero-order valence-corrected chi connectivity index (χ0v) is 19.7. The van der Waals surface area contributed by atoms with Crippen molar-refractivity contribution in [3.05, 3.63) is 59.8 Å². The summed E-state index contributed by atoms with van der Waals surface area (Å²) in [7, 11) is 2.21. The second kappa shape index (κ2) is 10.2. The van der Waals surface area contributed by atoms with E-state index in [0.29, 0.717) is 6.04 Å². The lowest BCUT2D eigenvalue weighted by atomic mass is 10.0. The second-order valence-corrected chi connectivity index (χ2v) is 9.63. The second-order valence-electron chi connectivity index (χ2n) is 9.63. The summed E-state index contributed by atoms with van der Waals surface area (Å²) in [6, 6.07) is 15.4. The number of nitrogens with zero attached hydrogens (tertiary/aromatic N) is 5. The van der Waals surface area contributed by atoms with Gasteiger partial charge in [-0.3, -0.25) is 9.69 Å². The Kier molecular flexibility index (Phi) is 6.90. The average molecular weight is 449 g/mol. The Bertz CT molecular complexity index is 921. The number of anilines is 1. The number of piperidine rings is 1. The number of amides is 1. The number of carbonyl (C=O) groups is 1. The van der Waals surface area contributed by atoms with E-state index < -0.39 is 0 Å². The molecule has 3 fully saturated rings. The predicted octanol–water partition coefficient (Wildman–Crippen LogP) is 2.08. The Labute approximate surface area is 197 Å². The third-order valence-corrected chi connectivity index (χ3v) is 7.50. The summed E-state index contributed by atoms with van der Waals surface area (Å²) >= 11 is 0. The van der Waals surface area contributed by atoms with Gasteiger partial charge in [0.25, 0.3) is 5.91 Å². The maximum Gasteiger partial charge on any atom is 0.254 e. The van der Waals surface area contributed by atoms with E-state index in [2.05, 4.69) is 56.3 Å². The maximum absolute atomic E-state index is 13.3. The van der Waals surface area contributed by atoms with Crippen molar-refractivity contribution < 1.29 is 4.79 Å². The molecule has 3 aliphatic heterocycles. The highest BCUT2D eigenvalue weighted by molar-refractivity contribution is 5.95. The molecule has 1 aromatic carbocycles. The van der Waals surface area contributed by atoms with E-state index in [0.717, 1.165) is 57.2 Å². The van der Waals surface area contributed by atoms with E-state index in [4.69, 9.17) is 0 Å². The van der Waals surface area contributed by atoms with Crippen LogP contribution in [0.25, 0.3) is 0 Å². The lowest BCUT2D eigenvalue weighted by molar-refractivity contribution is 0.0475. The van der Waals surface area contributed by atoms with Gasteiger partial charge in [0.05, 0.1) is 0 Å². The summed E-state index contributed by atoms with van der Waals surface area (Å²) < 4.78 is 0. The number of piperazine rings is 2. The van der Waals surface area contributed by atoms with Crippen LogP contribution in [0.15, 0.2) is 48.7 Å². The molecule has 7 nitrogen and oxygen atoms in total. The van der Waals surface area contributed by atoms with Gasteiger partial charge in [0.2, 0.25) is 0 Å². The van der Waals surface area contributed by atoms with Gasteiger partial charge in [0.15, 0.2) is 0 Å². The van der Waals surface area contributed by atoms with Crippen LogP contribution in [0.4, 0.5) is 5.82 Å². The van der Waals surface area contributed by atoms with E-state index in [1.54, 1.807) is 6.20 Å². The van der Waals surface area contributed by atoms with Crippen molar-refractivity contribution >= 4 is 11.7 Å². The smallest absolute Gasteiger partial charge is 0.254 e. The lowest BCUT2D eigenvalue weighted by Crippen LogP contribution is -2.54. The van der Waals surface area contributed by atoms with Crippen LogP contribution in [-0.2, 0) is 0 Å². The summed E-state index contributed by atoms with van der Waals surface area (Å²) in [6.07, 6.45) is 4.27. The fraction of sp³-hybridized carbons (Fsp3) is 0.538. The molecule has 1 aromatic heterocycles. The Morgan fingerprint density at radius 3 is 2.48 bits per heavy atom. The van der Waals surface area contributed by atoms with E-state index in [1.165, 1.54) is 31.5 Å². The van der Waals surface area contributed by atoms with E-state index >= 15 is 0 Å². The van der Waals surface area contributed by atoms with E-state index in [9.17, 15) is 4.79 Å². The average Bonchev–Trinajstić information content (AvgIpc) is 2.89.